The third-order valence-corrected chi connectivity index (χ3v) is 10.8. The van der Waals surface area contributed by atoms with Gasteiger partial charge in [-0.25, -0.2) is 9.59 Å². The van der Waals surface area contributed by atoms with Gasteiger partial charge in [0.15, 0.2) is 0 Å². The van der Waals surface area contributed by atoms with Crippen LogP contribution in [0.25, 0.3) is 0 Å². The molecule has 0 spiro atoms. The molecule has 274 valence electrons. The SMILES string of the molecule is CCCC[C@@H](NC(=O)[C@H](CCCCNC(=O)OCc1ccccc1)NC(=O)C1CCCCC1)P(=O)(O)OC(C)C(=O)N1CCC[C@H]1C(=O)O. The zero-order valence-electron chi connectivity index (χ0n) is 28.6. The molecule has 2 unspecified atom stereocenters. The number of carboxylic acid groups (broad SMARTS) is 1. The summed E-state index contributed by atoms with van der Waals surface area (Å²) in [6, 6.07) is 7.22. The molecule has 1 aliphatic carbocycles. The second-order valence-electron chi connectivity index (χ2n) is 12.9. The second kappa shape index (κ2) is 20.3. The number of alkyl carbamates (subject to hydrolysis) is 1. The van der Waals surface area contributed by atoms with Crippen molar-refractivity contribution < 1.29 is 47.8 Å². The normalized spacial score (nSPS) is 19.6. The Balaban J connectivity index is 1.62. The highest BCUT2D eigenvalue weighted by atomic mass is 31.2. The van der Waals surface area contributed by atoms with Crippen LogP contribution in [-0.2, 0) is 39.6 Å². The third kappa shape index (κ3) is 13.1. The van der Waals surface area contributed by atoms with Gasteiger partial charge in [-0.3, -0.25) is 23.5 Å². The lowest BCUT2D eigenvalue weighted by molar-refractivity contribution is -0.151. The quantitative estimate of drug-likeness (QED) is 0.101. The summed E-state index contributed by atoms with van der Waals surface area (Å²) in [6.45, 7) is 3.78. The van der Waals surface area contributed by atoms with E-state index in [1.807, 2.05) is 37.3 Å². The largest absolute Gasteiger partial charge is 0.480 e. The van der Waals surface area contributed by atoms with Crippen molar-refractivity contribution in [2.24, 2.45) is 5.92 Å². The number of carbonyl (C=O) groups is 5. The van der Waals surface area contributed by atoms with Gasteiger partial charge in [0.05, 0.1) is 0 Å². The van der Waals surface area contributed by atoms with E-state index in [0.717, 1.165) is 42.6 Å². The Kier molecular flexibility index (Phi) is 16.5. The van der Waals surface area contributed by atoms with E-state index in [1.54, 1.807) is 0 Å². The second-order valence-corrected chi connectivity index (χ2v) is 14.8. The minimum absolute atomic E-state index is 0.0801. The van der Waals surface area contributed by atoms with Crippen LogP contribution in [0.2, 0.25) is 0 Å². The van der Waals surface area contributed by atoms with Gasteiger partial charge in [0.2, 0.25) is 11.8 Å². The van der Waals surface area contributed by atoms with Gasteiger partial charge < -0.3 is 35.6 Å². The van der Waals surface area contributed by atoms with Crippen molar-refractivity contribution in [3.05, 3.63) is 35.9 Å². The molecule has 15 heteroatoms. The molecule has 4 amide bonds. The van der Waals surface area contributed by atoms with Gasteiger partial charge in [0.25, 0.3) is 5.91 Å². The highest BCUT2D eigenvalue weighted by Gasteiger charge is 2.42. The summed E-state index contributed by atoms with van der Waals surface area (Å²) in [5, 5.41) is 17.6. The number of hydrogen-bond donors (Lipinski definition) is 5. The minimum Gasteiger partial charge on any atom is -0.480 e. The standard InChI is InChI=1S/C34H53N4O10P/c1-3-4-20-29(49(45,46)48-24(2)32(41)38-22-13-19-28(38)33(42)43)37-31(40)27(36-30(39)26-16-9-6-10-17-26)18-11-12-21-35-34(44)47-23-25-14-7-5-8-15-25/h5,7-8,14-15,24,26-29H,3-4,6,9-13,16-23H2,1-2H3,(H,35,44)(H,36,39)(H,37,40)(H,42,43)(H,45,46)/t24?,27-,28-,29-/m0/s1. The summed E-state index contributed by atoms with van der Waals surface area (Å²) in [7, 11) is -4.66. The van der Waals surface area contributed by atoms with Crippen LogP contribution >= 0.6 is 7.60 Å². The molecule has 14 nitrogen and oxygen atoms in total. The number of rotatable bonds is 19. The Labute approximate surface area is 288 Å². The molecule has 5 N–H and O–H groups in total. The van der Waals surface area contributed by atoms with E-state index in [2.05, 4.69) is 16.0 Å². The maximum atomic E-state index is 13.7. The average molecular weight is 709 g/mol. The first-order valence-corrected chi connectivity index (χ1v) is 19.2. The molecule has 49 heavy (non-hydrogen) atoms. The monoisotopic (exact) mass is 708 g/mol. The van der Waals surface area contributed by atoms with Gasteiger partial charge in [0, 0.05) is 19.0 Å². The van der Waals surface area contributed by atoms with E-state index in [9.17, 15) is 38.5 Å². The number of unbranched alkanes of at least 4 members (excludes halogenated alkanes) is 2. The van der Waals surface area contributed by atoms with Crippen molar-refractivity contribution in [3.63, 3.8) is 0 Å². The summed E-state index contributed by atoms with van der Waals surface area (Å²) in [5.74, 6) is -4.34. The van der Waals surface area contributed by atoms with E-state index >= 15 is 0 Å². The fourth-order valence-corrected chi connectivity index (χ4v) is 7.70. The van der Waals surface area contributed by atoms with Crippen LogP contribution in [0.1, 0.15) is 103 Å². The van der Waals surface area contributed by atoms with Crippen LogP contribution in [0.4, 0.5) is 4.79 Å². The molecule has 1 saturated heterocycles. The Bertz CT molecular complexity index is 1290. The van der Waals surface area contributed by atoms with Crippen LogP contribution < -0.4 is 16.0 Å². The Morgan fingerprint density at radius 2 is 1.67 bits per heavy atom. The first kappa shape index (κ1) is 40.0. The lowest BCUT2D eigenvalue weighted by atomic mass is 9.88. The molecule has 1 aromatic rings. The summed E-state index contributed by atoms with van der Waals surface area (Å²) >= 11 is 0. The topological polar surface area (TPSA) is 201 Å². The fourth-order valence-electron chi connectivity index (χ4n) is 6.21. The number of aliphatic carboxylic acids is 1. The molecule has 5 atom stereocenters. The maximum absolute atomic E-state index is 13.7. The molecule has 2 aliphatic rings. The lowest BCUT2D eigenvalue weighted by Gasteiger charge is -2.30. The summed E-state index contributed by atoms with van der Waals surface area (Å²) < 4.78 is 24.2. The van der Waals surface area contributed by atoms with Crippen LogP contribution in [0.3, 0.4) is 0 Å². The number of carboxylic acids is 1. The van der Waals surface area contributed by atoms with E-state index < -0.39 is 55.4 Å². The number of nitrogens with zero attached hydrogens (tertiary/aromatic N) is 1. The zero-order valence-corrected chi connectivity index (χ0v) is 29.5. The first-order chi connectivity index (χ1) is 23.4. The molecule has 0 radical (unpaired) electrons. The van der Waals surface area contributed by atoms with Crippen molar-refractivity contribution in [2.45, 2.75) is 128 Å². The van der Waals surface area contributed by atoms with Gasteiger partial charge in [-0.2, -0.15) is 0 Å². The molecular formula is C34H53N4O10P. The van der Waals surface area contributed by atoms with E-state index in [0.29, 0.717) is 32.1 Å². The average Bonchev–Trinajstić information content (AvgIpc) is 3.59. The Morgan fingerprint density at radius 1 is 0.959 bits per heavy atom. The smallest absolute Gasteiger partial charge is 0.407 e. The zero-order chi connectivity index (χ0) is 35.8. The van der Waals surface area contributed by atoms with Crippen LogP contribution in [0.5, 0.6) is 0 Å². The molecule has 0 bridgehead atoms. The van der Waals surface area contributed by atoms with Crippen molar-refractivity contribution in [1.29, 1.82) is 0 Å². The van der Waals surface area contributed by atoms with Gasteiger partial charge in [-0.15, -0.1) is 0 Å². The molecular weight excluding hydrogens is 655 g/mol. The molecule has 1 saturated carbocycles. The minimum atomic E-state index is -4.66. The maximum Gasteiger partial charge on any atom is 0.407 e. The van der Waals surface area contributed by atoms with Gasteiger partial charge in [-0.1, -0.05) is 69.4 Å². The highest BCUT2D eigenvalue weighted by Crippen LogP contribution is 2.49. The number of nitrogens with one attached hydrogen (secondary N) is 3. The molecule has 1 aliphatic heterocycles. The van der Waals surface area contributed by atoms with Gasteiger partial charge >= 0.3 is 19.7 Å². The number of hydrogen-bond acceptors (Lipinski definition) is 8. The number of benzene rings is 1. The summed E-state index contributed by atoms with van der Waals surface area (Å²) in [5.41, 5.74) is 0.856. The van der Waals surface area contributed by atoms with Crippen LogP contribution in [-0.4, -0.2) is 81.7 Å². The van der Waals surface area contributed by atoms with E-state index in [4.69, 9.17) is 9.26 Å². The van der Waals surface area contributed by atoms with Crippen molar-refractivity contribution in [2.75, 3.05) is 13.1 Å². The Hall–Kier alpha value is -3.48. The molecule has 2 fully saturated rings. The first-order valence-electron chi connectivity index (χ1n) is 17.5. The van der Waals surface area contributed by atoms with E-state index in [1.165, 1.54) is 6.92 Å². The number of ether oxygens (including phenoxy) is 1. The number of carbonyl (C=O) groups excluding carboxylic acids is 4. The Morgan fingerprint density at radius 3 is 2.35 bits per heavy atom. The number of likely N-dealkylation sites (tertiary alicyclic amines) is 1. The predicted molar refractivity (Wildman–Crippen MR) is 181 cm³/mol. The van der Waals surface area contributed by atoms with Crippen LogP contribution in [0.15, 0.2) is 30.3 Å². The van der Waals surface area contributed by atoms with Crippen molar-refractivity contribution >= 4 is 37.4 Å². The van der Waals surface area contributed by atoms with Gasteiger partial charge in [0.1, 0.15) is 30.6 Å². The van der Waals surface area contributed by atoms with Gasteiger partial charge in [-0.05, 0) is 63.9 Å². The number of amides is 4. The highest BCUT2D eigenvalue weighted by molar-refractivity contribution is 7.53. The predicted octanol–water partition coefficient (Wildman–Crippen LogP) is 4.45. The molecule has 1 aromatic carbocycles. The summed E-state index contributed by atoms with van der Waals surface area (Å²) in [4.78, 5) is 75.8. The van der Waals surface area contributed by atoms with Crippen molar-refractivity contribution in [3.8, 4) is 0 Å². The van der Waals surface area contributed by atoms with E-state index in [-0.39, 0.29) is 50.8 Å². The molecule has 3 rings (SSSR count). The molecule has 1 heterocycles. The van der Waals surface area contributed by atoms with Crippen molar-refractivity contribution in [1.82, 2.24) is 20.9 Å². The van der Waals surface area contributed by atoms with Crippen LogP contribution in [0, 0.1) is 5.92 Å². The summed E-state index contributed by atoms with van der Waals surface area (Å²) in [6.07, 6.45) is 5.46. The molecule has 0 aromatic heterocycles. The third-order valence-electron chi connectivity index (χ3n) is 9.02. The lowest BCUT2D eigenvalue weighted by Crippen LogP contribution is -2.51. The fraction of sp³-hybridized carbons (Fsp3) is 0.676.